The third-order valence-corrected chi connectivity index (χ3v) is 5.52. The Kier molecular flexibility index (Phi) is 8.69. The minimum Gasteiger partial charge on any atom is -0.357 e. The van der Waals surface area contributed by atoms with E-state index < -0.39 is 0 Å². The van der Waals surface area contributed by atoms with Crippen LogP contribution < -0.4 is 10.6 Å². The van der Waals surface area contributed by atoms with Gasteiger partial charge in [-0.25, -0.2) is 4.99 Å². The topological polar surface area (TPSA) is 69.8 Å². The van der Waals surface area contributed by atoms with Crippen molar-refractivity contribution in [3.05, 3.63) is 30.2 Å². The van der Waals surface area contributed by atoms with Gasteiger partial charge in [-0.2, -0.15) is 0 Å². The molecular formula is C21H36IN7. The maximum atomic E-state index is 4.74. The maximum absolute atomic E-state index is 4.74. The molecule has 29 heavy (non-hydrogen) atoms. The molecule has 2 aromatic heterocycles. The van der Waals surface area contributed by atoms with Crippen LogP contribution in [0.15, 0.2) is 29.4 Å². The first-order chi connectivity index (χ1) is 13.4. The zero-order chi connectivity index (χ0) is 20.1. The number of nitrogens with one attached hydrogen (secondary N) is 2. The first-order valence-electron chi connectivity index (χ1n) is 10.4. The average molecular weight is 513 g/mol. The number of rotatable bonds is 6. The lowest BCUT2D eigenvalue weighted by Crippen LogP contribution is -2.57. The molecule has 0 spiro atoms. The van der Waals surface area contributed by atoms with Gasteiger partial charge in [-0.15, -0.1) is 34.2 Å². The second kappa shape index (κ2) is 10.6. The number of piperidine rings is 1. The van der Waals surface area contributed by atoms with E-state index in [4.69, 9.17) is 4.99 Å². The number of fused-ring (bicyclic) bond motifs is 1. The summed E-state index contributed by atoms with van der Waals surface area (Å²) in [4.78, 5) is 7.36. The highest BCUT2D eigenvalue weighted by Gasteiger charge is 2.32. The van der Waals surface area contributed by atoms with Gasteiger partial charge in [0.05, 0.1) is 0 Å². The highest BCUT2D eigenvalue weighted by molar-refractivity contribution is 14.0. The Morgan fingerprint density at radius 1 is 1.17 bits per heavy atom. The number of nitrogens with zero attached hydrogens (tertiary/aromatic N) is 5. The summed E-state index contributed by atoms with van der Waals surface area (Å²) in [5.74, 6) is 3.17. The predicted molar refractivity (Wildman–Crippen MR) is 130 cm³/mol. The van der Waals surface area contributed by atoms with Crippen LogP contribution in [0.5, 0.6) is 0 Å². The lowest BCUT2D eigenvalue weighted by atomic mass is 9.88. The summed E-state index contributed by atoms with van der Waals surface area (Å²) in [5.41, 5.74) is 0.917. The molecule has 2 N–H and O–H groups in total. The standard InChI is InChI=1S/C21H35N7.HI/c1-6-22-20(23-12-19-26-25-18-9-7-8-10-28(18)19)24-15-21(4,5)27-13-16(2)11-17(3)14-27;/h7-10,16-17H,6,11-15H2,1-5H3,(H2,22,23,24);1H. The zero-order valence-electron chi connectivity index (χ0n) is 18.4. The summed E-state index contributed by atoms with van der Waals surface area (Å²) in [6.07, 6.45) is 3.30. The monoisotopic (exact) mass is 513 g/mol. The van der Waals surface area contributed by atoms with E-state index in [9.17, 15) is 0 Å². The third kappa shape index (κ3) is 6.28. The number of pyridine rings is 1. The normalized spacial score (nSPS) is 21.1. The number of hydrogen-bond acceptors (Lipinski definition) is 4. The van der Waals surface area contributed by atoms with E-state index in [0.29, 0.717) is 6.54 Å². The van der Waals surface area contributed by atoms with Crippen molar-refractivity contribution in [2.45, 2.75) is 53.1 Å². The minimum absolute atomic E-state index is 0. The summed E-state index contributed by atoms with van der Waals surface area (Å²) in [6, 6.07) is 5.90. The van der Waals surface area contributed by atoms with Crippen LogP contribution in [0.1, 0.15) is 46.9 Å². The molecule has 0 radical (unpaired) electrons. The molecule has 1 aliphatic heterocycles. The van der Waals surface area contributed by atoms with Crippen LogP contribution in [0.3, 0.4) is 0 Å². The minimum atomic E-state index is 0. The molecule has 162 valence electrons. The van der Waals surface area contributed by atoms with Crippen molar-refractivity contribution in [3.8, 4) is 0 Å². The average Bonchev–Trinajstić information content (AvgIpc) is 3.06. The highest BCUT2D eigenvalue weighted by atomic mass is 127. The SMILES string of the molecule is CCNC(=NCc1nnc2ccccn12)NCC(C)(C)N1CC(C)CC(C)C1.I. The van der Waals surface area contributed by atoms with E-state index >= 15 is 0 Å². The van der Waals surface area contributed by atoms with E-state index in [2.05, 4.69) is 60.3 Å². The third-order valence-electron chi connectivity index (χ3n) is 5.52. The zero-order valence-corrected chi connectivity index (χ0v) is 20.7. The molecule has 7 nitrogen and oxygen atoms in total. The van der Waals surface area contributed by atoms with Gasteiger partial charge in [-0.3, -0.25) is 9.30 Å². The highest BCUT2D eigenvalue weighted by Crippen LogP contribution is 2.26. The number of likely N-dealkylation sites (tertiary alicyclic amines) is 1. The molecule has 3 rings (SSSR count). The lowest BCUT2D eigenvalue weighted by molar-refractivity contribution is 0.0483. The van der Waals surface area contributed by atoms with Gasteiger partial charge in [0.25, 0.3) is 0 Å². The van der Waals surface area contributed by atoms with Gasteiger partial charge in [0.1, 0.15) is 6.54 Å². The van der Waals surface area contributed by atoms with Crippen molar-refractivity contribution in [2.75, 3.05) is 26.2 Å². The Bertz CT molecular complexity index is 791. The number of guanidine groups is 1. The first kappa shape index (κ1) is 23.9. The molecule has 1 aliphatic rings. The van der Waals surface area contributed by atoms with Crippen LogP contribution >= 0.6 is 24.0 Å². The Morgan fingerprint density at radius 2 is 1.90 bits per heavy atom. The smallest absolute Gasteiger partial charge is 0.191 e. The summed E-state index contributed by atoms with van der Waals surface area (Å²) in [6.45, 7) is 15.9. The summed E-state index contributed by atoms with van der Waals surface area (Å²) in [7, 11) is 0. The maximum Gasteiger partial charge on any atom is 0.191 e. The van der Waals surface area contributed by atoms with Crippen molar-refractivity contribution in [3.63, 3.8) is 0 Å². The van der Waals surface area contributed by atoms with Gasteiger partial charge >= 0.3 is 0 Å². The van der Waals surface area contributed by atoms with Gasteiger partial charge in [-0.1, -0.05) is 19.9 Å². The molecule has 2 unspecified atom stereocenters. The quantitative estimate of drug-likeness (QED) is 0.353. The number of aliphatic imine (C=N–C) groups is 1. The Balaban J connectivity index is 0.00000300. The fourth-order valence-electron chi connectivity index (χ4n) is 4.06. The fraction of sp³-hybridized carbons (Fsp3) is 0.667. The number of hydrogen-bond donors (Lipinski definition) is 2. The van der Waals surface area contributed by atoms with E-state index in [-0.39, 0.29) is 29.5 Å². The molecule has 0 aromatic carbocycles. The molecule has 0 aliphatic carbocycles. The van der Waals surface area contributed by atoms with Gasteiger partial charge in [-0.05, 0) is 51.2 Å². The first-order valence-corrected chi connectivity index (χ1v) is 10.4. The summed E-state index contributed by atoms with van der Waals surface area (Å²) < 4.78 is 1.98. The summed E-state index contributed by atoms with van der Waals surface area (Å²) in [5, 5.41) is 15.4. The van der Waals surface area contributed by atoms with Crippen LogP contribution in [0.2, 0.25) is 0 Å². The molecule has 2 atom stereocenters. The molecule has 2 aromatic rings. The van der Waals surface area contributed by atoms with Crippen molar-refractivity contribution in [1.29, 1.82) is 0 Å². The van der Waals surface area contributed by atoms with Crippen LogP contribution in [-0.4, -0.2) is 57.2 Å². The molecule has 1 saturated heterocycles. The Morgan fingerprint density at radius 3 is 2.59 bits per heavy atom. The van der Waals surface area contributed by atoms with Crippen molar-refractivity contribution < 1.29 is 0 Å². The van der Waals surface area contributed by atoms with Crippen LogP contribution in [-0.2, 0) is 6.54 Å². The van der Waals surface area contributed by atoms with Gasteiger partial charge in [0, 0.05) is 37.9 Å². The molecule has 0 saturated carbocycles. The van der Waals surface area contributed by atoms with Crippen LogP contribution in [0.25, 0.3) is 5.65 Å². The van der Waals surface area contributed by atoms with E-state index in [0.717, 1.165) is 42.4 Å². The largest absolute Gasteiger partial charge is 0.357 e. The van der Waals surface area contributed by atoms with E-state index in [1.165, 1.54) is 19.5 Å². The molecule has 3 heterocycles. The number of aromatic nitrogens is 3. The van der Waals surface area contributed by atoms with E-state index in [1.807, 2.05) is 28.8 Å². The van der Waals surface area contributed by atoms with Crippen LogP contribution in [0, 0.1) is 11.8 Å². The van der Waals surface area contributed by atoms with Crippen LogP contribution in [0.4, 0.5) is 0 Å². The van der Waals surface area contributed by atoms with E-state index in [1.54, 1.807) is 0 Å². The van der Waals surface area contributed by atoms with Gasteiger partial charge in [0.2, 0.25) is 0 Å². The second-order valence-corrected chi connectivity index (χ2v) is 8.76. The Hall–Kier alpha value is -1.42. The van der Waals surface area contributed by atoms with Crippen molar-refractivity contribution in [1.82, 2.24) is 30.1 Å². The lowest BCUT2D eigenvalue weighted by Gasteiger charge is -2.45. The fourth-order valence-corrected chi connectivity index (χ4v) is 4.06. The predicted octanol–water partition coefficient (Wildman–Crippen LogP) is 3.16. The number of halogens is 1. The van der Waals surface area contributed by atoms with Gasteiger partial charge < -0.3 is 10.6 Å². The van der Waals surface area contributed by atoms with Crippen molar-refractivity contribution >= 4 is 35.6 Å². The molecular weight excluding hydrogens is 477 g/mol. The Labute approximate surface area is 191 Å². The summed E-state index contributed by atoms with van der Waals surface area (Å²) >= 11 is 0. The molecule has 0 amide bonds. The van der Waals surface area contributed by atoms with Gasteiger partial charge in [0.15, 0.2) is 17.4 Å². The van der Waals surface area contributed by atoms with Crippen molar-refractivity contribution in [2.24, 2.45) is 16.8 Å². The molecule has 0 bridgehead atoms. The second-order valence-electron chi connectivity index (χ2n) is 8.76. The molecule has 8 heteroatoms. The molecule has 1 fully saturated rings.